The first-order valence-electron chi connectivity index (χ1n) is 4.82. The van der Waals surface area contributed by atoms with Crippen molar-refractivity contribution >= 4 is 0 Å². The van der Waals surface area contributed by atoms with Gasteiger partial charge in [0.2, 0.25) is 0 Å². The SMILES string of the molecule is N#CC1[C@H]2[C@@H](CN1O)[C@H]1CC[C@@H]2O1. The van der Waals surface area contributed by atoms with E-state index in [-0.39, 0.29) is 18.1 Å². The molecule has 4 heteroatoms. The molecule has 70 valence electrons. The van der Waals surface area contributed by atoms with Crippen LogP contribution in [0.25, 0.3) is 0 Å². The number of hydroxylamine groups is 2. The zero-order chi connectivity index (χ0) is 9.00. The van der Waals surface area contributed by atoms with Gasteiger partial charge in [-0.25, -0.2) is 0 Å². The summed E-state index contributed by atoms with van der Waals surface area (Å²) in [7, 11) is 0. The zero-order valence-electron chi connectivity index (χ0n) is 7.26. The third kappa shape index (κ3) is 0.845. The minimum absolute atomic E-state index is 0.233. The van der Waals surface area contributed by atoms with Crippen molar-refractivity contribution in [2.45, 2.75) is 31.1 Å². The van der Waals surface area contributed by atoms with Crippen LogP contribution in [-0.2, 0) is 4.74 Å². The number of hydrogen-bond acceptors (Lipinski definition) is 4. The van der Waals surface area contributed by atoms with E-state index in [0.717, 1.165) is 12.8 Å². The molecule has 2 bridgehead atoms. The highest BCUT2D eigenvalue weighted by molar-refractivity contribution is 5.11. The van der Waals surface area contributed by atoms with E-state index < -0.39 is 0 Å². The lowest BCUT2D eigenvalue weighted by Crippen LogP contribution is -2.33. The standard InChI is InChI=1S/C9H12N2O2/c10-3-6-9-5(4-11(6)12)7-1-2-8(9)13-7/h5-9,12H,1-2,4H2/t5-,6?,7+,8-,9+/m0/s1. The summed E-state index contributed by atoms with van der Waals surface area (Å²) in [5, 5.41) is 19.6. The van der Waals surface area contributed by atoms with Crippen LogP contribution in [0, 0.1) is 23.2 Å². The molecular weight excluding hydrogens is 168 g/mol. The van der Waals surface area contributed by atoms with Gasteiger partial charge in [-0.3, -0.25) is 0 Å². The molecule has 3 heterocycles. The van der Waals surface area contributed by atoms with Gasteiger partial charge in [-0.1, -0.05) is 0 Å². The summed E-state index contributed by atoms with van der Waals surface area (Å²) in [4.78, 5) is 0. The van der Waals surface area contributed by atoms with E-state index in [4.69, 9.17) is 10.00 Å². The Morgan fingerprint density at radius 3 is 2.92 bits per heavy atom. The van der Waals surface area contributed by atoms with Crippen molar-refractivity contribution in [1.82, 2.24) is 5.06 Å². The van der Waals surface area contributed by atoms with Crippen molar-refractivity contribution in [3.63, 3.8) is 0 Å². The Hall–Kier alpha value is -0.630. The largest absolute Gasteiger partial charge is 0.374 e. The molecule has 0 radical (unpaired) electrons. The van der Waals surface area contributed by atoms with Crippen LogP contribution in [0.3, 0.4) is 0 Å². The molecule has 3 aliphatic heterocycles. The highest BCUT2D eigenvalue weighted by Gasteiger charge is 2.57. The topological polar surface area (TPSA) is 56.5 Å². The van der Waals surface area contributed by atoms with Crippen molar-refractivity contribution in [3.05, 3.63) is 0 Å². The summed E-state index contributed by atoms with van der Waals surface area (Å²) in [5.41, 5.74) is 0. The highest BCUT2D eigenvalue weighted by atomic mass is 16.5. The predicted octanol–water partition coefficient (Wildman–Crippen LogP) is 0.377. The first kappa shape index (κ1) is 7.74. The van der Waals surface area contributed by atoms with Gasteiger partial charge in [-0.05, 0) is 12.8 Å². The molecule has 0 saturated carbocycles. The lowest BCUT2D eigenvalue weighted by Gasteiger charge is -2.21. The second kappa shape index (κ2) is 2.44. The maximum Gasteiger partial charge on any atom is 0.127 e. The molecule has 5 atom stereocenters. The lowest BCUT2D eigenvalue weighted by atomic mass is 9.79. The Bertz CT molecular complexity index is 275. The van der Waals surface area contributed by atoms with Crippen LogP contribution in [0.2, 0.25) is 0 Å². The molecule has 0 amide bonds. The number of nitriles is 1. The first-order valence-corrected chi connectivity index (χ1v) is 4.82. The van der Waals surface area contributed by atoms with Crippen LogP contribution in [0.15, 0.2) is 0 Å². The third-order valence-corrected chi connectivity index (χ3v) is 3.70. The van der Waals surface area contributed by atoms with Gasteiger partial charge in [-0.2, -0.15) is 10.3 Å². The molecular formula is C9H12N2O2. The van der Waals surface area contributed by atoms with Crippen molar-refractivity contribution in [2.75, 3.05) is 6.54 Å². The fourth-order valence-corrected chi connectivity index (χ4v) is 3.17. The number of rotatable bonds is 0. The van der Waals surface area contributed by atoms with E-state index in [1.165, 1.54) is 5.06 Å². The lowest BCUT2D eigenvalue weighted by molar-refractivity contribution is -0.107. The van der Waals surface area contributed by atoms with Crippen molar-refractivity contribution in [3.8, 4) is 6.07 Å². The van der Waals surface area contributed by atoms with Gasteiger partial charge in [0, 0.05) is 18.4 Å². The van der Waals surface area contributed by atoms with Crippen LogP contribution >= 0.6 is 0 Å². The summed E-state index contributed by atoms with van der Waals surface area (Å²) in [6, 6.07) is 1.83. The zero-order valence-corrected chi connectivity index (χ0v) is 7.26. The van der Waals surface area contributed by atoms with E-state index in [0.29, 0.717) is 18.6 Å². The summed E-state index contributed by atoms with van der Waals surface area (Å²) in [6.07, 6.45) is 2.72. The minimum atomic E-state index is -0.333. The molecule has 3 rings (SSSR count). The van der Waals surface area contributed by atoms with Gasteiger partial charge in [0.15, 0.2) is 0 Å². The fraction of sp³-hybridized carbons (Fsp3) is 0.889. The van der Waals surface area contributed by atoms with E-state index >= 15 is 0 Å². The second-order valence-electron chi connectivity index (χ2n) is 4.23. The molecule has 1 N–H and O–H groups in total. The normalized spacial score (nSPS) is 53.7. The molecule has 1 unspecified atom stereocenters. The van der Waals surface area contributed by atoms with Crippen LogP contribution < -0.4 is 0 Å². The van der Waals surface area contributed by atoms with Crippen LogP contribution in [-0.4, -0.2) is 35.1 Å². The maximum atomic E-state index is 9.51. The summed E-state index contributed by atoms with van der Waals surface area (Å²) in [5.74, 6) is 0.655. The Kier molecular flexibility index (Phi) is 1.46. The first-order chi connectivity index (χ1) is 6.31. The van der Waals surface area contributed by atoms with E-state index in [9.17, 15) is 5.21 Å². The quantitative estimate of drug-likeness (QED) is 0.585. The smallest absolute Gasteiger partial charge is 0.127 e. The Morgan fingerprint density at radius 2 is 2.15 bits per heavy atom. The predicted molar refractivity (Wildman–Crippen MR) is 42.8 cm³/mol. The third-order valence-electron chi connectivity index (χ3n) is 3.70. The van der Waals surface area contributed by atoms with E-state index in [2.05, 4.69) is 6.07 Å². The molecule has 0 aromatic heterocycles. The van der Waals surface area contributed by atoms with Gasteiger partial charge in [0.25, 0.3) is 0 Å². The molecule has 0 aromatic rings. The molecule has 4 nitrogen and oxygen atoms in total. The van der Waals surface area contributed by atoms with Crippen LogP contribution in [0.5, 0.6) is 0 Å². The molecule has 3 saturated heterocycles. The van der Waals surface area contributed by atoms with Gasteiger partial charge in [0.05, 0.1) is 18.3 Å². The Labute approximate surface area is 76.7 Å². The Morgan fingerprint density at radius 1 is 1.38 bits per heavy atom. The Balaban J connectivity index is 1.92. The van der Waals surface area contributed by atoms with Gasteiger partial charge < -0.3 is 9.94 Å². The number of nitrogens with zero attached hydrogens (tertiary/aromatic N) is 2. The van der Waals surface area contributed by atoms with Crippen molar-refractivity contribution in [2.24, 2.45) is 11.8 Å². The van der Waals surface area contributed by atoms with Crippen molar-refractivity contribution < 1.29 is 9.94 Å². The summed E-state index contributed by atoms with van der Waals surface area (Å²) >= 11 is 0. The maximum absolute atomic E-state index is 9.51. The molecule has 3 aliphatic rings. The number of fused-ring (bicyclic) bond motifs is 5. The van der Waals surface area contributed by atoms with Gasteiger partial charge in [-0.15, -0.1) is 0 Å². The molecule has 3 fully saturated rings. The molecule has 0 aliphatic carbocycles. The van der Waals surface area contributed by atoms with Crippen molar-refractivity contribution in [1.29, 1.82) is 5.26 Å². The highest BCUT2D eigenvalue weighted by Crippen LogP contribution is 2.49. The molecule has 0 aromatic carbocycles. The van der Waals surface area contributed by atoms with E-state index in [1.54, 1.807) is 0 Å². The molecule has 0 spiro atoms. The average Bonchev–Trinajstić information content (AvgIpc) is 2.72. The summed E-state index contributed by atoms with van der Waals surface area (Å²) < 4.78 is 5.73. The van der Waals surface area contributed by atoms with Gasteiger partial charge in [0.1, 0.15) is 6.04 Å². The average molecular weight is 180 g/mol. The fourth-order valence-electron chi connectivity index (χ4n) is 3.17. The summed E-state index contributed by atoms with van der Waals surface area (Å²) in [6.45, 7) is 0.615. The van der Waals surface area contributed by atoms with Gasteiger partial charge >= 0.3 is 0 Å². The van der Waals surface area contributed by atoms with E-state index in [1.807, 2.05) is 0 Å². The second-order valence-corrected chi connectivity index (χ2v) is 4.23. The van der Waals surface area contributed by atoms with Crippen LogP contribution in [0.4, 0.5) is 0 Å². The molecule has 13 heavy (non-hydrogen) atoms. The minimum Gasteiger partial charge on any atom is -0.374 e. The number of hydrogen-bond donors (Lipinski definition) is 1. The van der Waals surface area contributed by atoms with Crippen LogP contribution in [0.1, 0.15) is 12.8 Å². The number of ether oxygens (including phenoxy) is 1. The monoisotopic (exact) mass is 180 g/mol.